The molecule has 0 bridgehead atoms. The maximum atomic E-state index is 13.6. The molecule has 4 atom stereocenters. The summed E-state index contributed by atoms with van der Waals surface area (Å²) in [6.45, 7) is 5.52. The highest BCUT2D eigenvalue weighted by molar-refractivity contribution is 7.91. The highest BCUT2D eigenvalue weighted by Gasteiger charge is 2.38. The van der Waals surface area contributed by atoms with E-state index in [1.165, 1.54) is 32.9 Å². The molecule has 0 aliphatic heterocycles. The van der Waals surface area contributed by atoms with Crippen LogP contribution in [0.15, 0.2) is 18.7 Å². The van der Waals surface area contributed by atoms with Crippen LogP contribution in [0, 0.1) is 12.8 Å². The van der Waals surface area contributed by atoms with Crippen LogP contribution < -0.4 is 4.74 Å². The minimum atomic E-state index is -3.80. The Kier molecular flexibility index (Phi) is 7.34. The van der Waals surface area contributed by atoms with Crippen LogP contribution >= 0.6 is 11.6 Å². The first-order chi connectivity index (χ1) is 16.7. The summed E-state index contributed by atoms with van der Waals surface area (Å²) in [5.74, 6) is 1.66. The normalized spacial score (nSPS) is 19.7. The number of methoxy groups -OCH3 is 2. The molecule has 0 saturated heterocycles. The van der Waals surface area contributed by atoms with Gasteiger partial charge in [-0.2, -0.15) is 4.98 Å². The molecule has 0 N–H and O–H groups in total. The zero-order valence-electron chi connectivity index (χ0n) is 20.2. The van der Waals surface area contributed by atoms with Crippen molar-refractivity contribution < 1.29 is 17.9 Å². The summed E-state index contributed by atoms with van der Waals surface area (Å²) in [7, 11) is -0.875. The summed E-state index contributed by atoms with van der Waals surface area (Å²) in [6, 6.07) is 0. The lowest BCUT2D eigenvalue weighted by Gasteiger charge is -2.33. The van der Waals surface area contributed by atoms with Crippen LogP contribution in [0.5, 0.6) is 5.88 Å². The molecule has 35 heavy (non-hydrogen) atoms. The molecule has 188 valence electrons. The van der Waals surface area contributed by atoms with Crippen LogP contribution in [0.1, 0.15) is 61.9 Å². The maximum Gasteiger partial charge on any atom is 0.241 e. The molecular formula is C22H28ClN7O4S. The zero-order chi connectivity index (χ0) is 25.3. The van der Waals surface area contributed by atoms with Gasteiger partial charge in [-0.1, -0.05) is 18.5 Å². The van der Waals surface area contributed by atoms with Crippen molar-refractivity contribution >= 4 is 21.4 Å². The molecule has 0 radical (unpaired) electrons. The summed E-state index contributed by atoms with van der Waals surface area (Å²) >= 11 is 5.88. The average molecular weight is 522 g/mol. The Morgan fingerprint density at radius 1 is 1.14 bits per heavy atom. The molecule has 3 heterocycles. The fourth-order valence-corrected chi connectivity index (χ4v) is 5.80. The van der Waals surface area contributed by atoms with Gasteiger partial charge >= 0.3 is 0 Å². The van der Waals surface area contributed by atoms with Gasteiger partial charge in [0.2, 0.25) is 5.88 Å². The van der Waals surface area contributed by atoms with E-state index in [4.69, 9.17) is 21.1 Å². The second kappa shape index (κ2) is 10.1. The van der Waals surface area contributed by atoms with Crippen molar-refractivity contribution in [2.24, 2.45) is 5.92 Å². The van der Waals surface area contributed by atoms with Gasteiger partial charge in [0.1, 0.15) is 29.7 Å². The van der Waals surface area contributed by atoms with Gasteiger partial charge in [0.15, 0.2) is 21.5 Å². The van der Waals surface area contributed by atoms with Crippen LogP contribution in [-0.2, 0) is 20.3 Å². The van der Waals surface area contributed by atoms with Crippen molar-refractivity contribution in [1.29, 1.82) is 0 Å². The van der Waals surface area contributed by atoms with E-state index >= 15 is 0 Å². The zero-order valence-corrected chi connectivity index (χ0v) is 21.8. The van der Waals surface area contributed by atoms with Crippen LogP contribution in [0.2, 0.25) is 5.02 Å². The van der Waals surface area contributed by atoms with Crippen molar-refractivity contribution in [2.75, 3.05) is 14.2 Å². The molecule has 1 aliphatic carbocycles. The van der Waals surface area contributed by atoms with Gasteiger partial charge in [0.05, 0.1) is 23.1 Å². The number of sulfone groups is 1. The number of ether oxygens (including phenoxy) is 2. The predicted molar refractivity (Wildman–Crippen MR) is 128 cm³/mol. The van der Waals surface area contributed by atoms with Crippen LogP contribution in [0.4, 0.5) is 0 Å². The quantitative estimate of drug-likeness (QED) is 0.413. The first-order valence-electron chi connectivity index (χ1n) is 11.2. The minimum absolute atomic E-state index is 0.148. The second-order valence-electron chi connectivity index (χ2n) is 8.72. The molecule has 0 unspecified atom stereocenters. The lowest BCUT2D eigenvalue weighted by Crippen LogP contribution is -2.30. The summed E-state index contributed by atoms with van der Waals surface area (Å²) in [5, 5.41) is 8.12. The number of rotatable bonds is 9. The molecular weight excluding hydrogens is 494 g/mol. The molecule has 4 rings (SSSR count). The van der Waals surface area contributed by atoms with Gasteiger partial charge in [-0.25, -0.2) is 23.4 Å². The van der Waals surface area contributed by atoms with Crippen molar-refractivity contribution in [3.8, 4) is 11.6 Å². The molecule has 3 aromatic heterocycles. The average Bonchev–Trinajstić information content (AvgIpc) is 3.20. The van der Waals surface area contributed by atoms with Gasteiger partial charge in [0.25, 0.3) is 0 Å². The third-order valence-electron chi connectivity index (χ3n) is 6.57. The van der Waals surface area contributed by atoms with E-state index < -0.39 is 21.2 Å². The fourth-order valence-electron chi connectivity index (χ4n) is 4.29. The SMILES string of the molecule is COc1ncnc(C)c1-n1c(CS(=O)(=O)[C@@H](C)[C@H](OC)c2ncc(Cl)cn2)nnc1[C@@H]1CC[C@H]1C. The Morgan fingerprint density at radius 2 is 1.86 bits per heavy atom. The number of hydrogen-bond acceptors (Lipinski definition) is 10. The van der Waals surface area contributed by atoms with E-state index in [2.05, 4.69) is 37.1 Å². The van der Waals surface area contributed by atoms with Gasteiger partial charge < -0.3 is 9.47 Å². The van der Waals surface area contributed by atoms with E-state index in [0.717, 1.165) is 12.8 Å². The van der Waals surface area contributed by atoms with Gasteiger partial charge in [0, 0.05) is 25.4 Å². The van der Waals surface area contributed by atoms with Crippen LogP contribution in [0.25, 0.3) is 5.69 Å². The van der Waals surface area contributed by atoms with Crippen molar-refractivity contribution in [2.45, 2.75) is 56.6 Å². The molecule has 13 heteroatoms. The molecule has 1 fully saturated rings. The first-order valence-corrected chi connectivity index (χ1v) is 13.3. The van der Waals surface area contributed by atoms with Gasteiger partial charge in [-0.05, 0) is 32.6 Å². The Hall–Kier alpha value is -2.70. The minimum Gasteiger partial charge on any atom is -0.479 e. The van der Waals surface area contributed by atoms with E-state index in [1.807, 2.05) is 6.92 Å². The number of hydrogen-bond donors (Lipinski definition) is 0. The van der Waals surface area contributed by atoms with E-state index in [1.54, 1.807) is 11.5 Å². The Bertz CT molecular complexity index is 1300. The van der Waals surface area contributed by atoms with Gasteiger partial charge in [-0.15, -0.1) is 10.2 Å². The summed E-state index contributed by atoms with van der Waals surface area (Å²) in [4.78, 5) is 16.8. The Morgan fingerprint density at radius 3 is 2.43 bits per heavy atom. The van der Waals surface area contributed by atoms with Crippen LogP contribution in [0.3, 0.4) is 0 Å². The highest BCUT2D eigenvalue weighted by Crippen LogP contribution is 2.43. The third-order valence-corrected chi connectivity index (χ3v) is 8.80. The van der Waals surface area contributed by atoms with Crippen molar-refractivity contribution in [3.63, 3.8) is 0 Å². The smallest absolute Gasteiger partial charge is 0.241 e. The standard InChI is InChI=1S/C22H28ClN7O4S/c1-12-6-7-16(12)21-29-28-17(30(21)18-13(2)26-11-27-22(18)34-5)10-35(31,32)14(3)19(33-4)20-24-8-15(23)9-25-20/h8-9,11-12,14,16,19H,6-7,10H2,1-5H3/t12-,14+,16-,19+/m1/s1. The number of halogens is 1. The largest absolute Gasteiger partial charge is 0.479 e. The van der Waals surface area contributed by atoms with Crippen molar-refractivity contribution in [1.82, 2.24) is 34.7 Å². The van der Waals surface area contributed by atoms with Crippen LogP contribution in [-0.4, -0.2) is 62.6 Å². The van der Waals surface area contributed by atoms with E-state index in [9.17, 15) is 8.42 Å². The topological polar surface area (TPSA) is 135 Å². The molecule has 1 aliphatic rings. The monoisotopic (exact) mass is 521 g/mol. The third kappa shape index (κ3) is 4.87. The van der Waals surface area contributed by atoms with Gasteiger partial charge in [-0.3, -0.25) is 4.57 Å². The molecule has 0 spiro atoms. The second-order valence-corrected chi connectivity index (χ2v) is 11.5. The lowest BCUT2D eigenvalue weighted by molar-refractivity contribution is 0.0948. The molecule has 11 nitrogen and oxygen atoms in total. The number of aromatic nitrogens is 7. The molecule has 0 amide bonds. The summed E-state index contributed by atoms with van der Waals surface area (Å²) in [5.41, 5.74) is 1.16. The number of aryl methyl sites for hydroxylation is 1. The lowest BCUT2D eigenvalue weighted by atomic mass is 9.74. The summed E-state index contributed by atoms with van der Waals surface area (Å²) in [6.07, 6.45) is 5.33. The Balaban J connectivity index is 1.76. The number of nitrogens with zero attached hydrogens (tertiary/aromatic N) is 7. The first kappa shape index (κ1) is 25.4. The van der Waals surface area contributed by atoms with Crippen molar-refractivity contribution in [3.05, 3.63) is 46.9 Å². The van der Waals surface area contributed by atoms with E-state index in [0.29, 0.717) is 34.0 Å². The van der Waals surface area contributed by atoms with E-state index in [-0.39, 0.29) is 23.3 Å². The predicted octanol–water partition coefficient (Wildman–Crippen LogP) is 3.02. The molecule has 0 aromatic carbocycles. The summed E-state index contributed by atoms with van der Waals surface area (Å²) < 4.78 is 39.9. The highest BCUT2D eigenvalue weighted by atomic mass is 35.5. The maximum absolute atomic E-state index is 13.6. The Labute approximate surface area is 209 Å². The fraction of sp³-hybridized carbons (Fsp3) is 0.545. The molecule has 3 aromatic rings. The molecule has 1 saturated carbocycles.